The first-order valence-corrected chi connectivity index (χ1v) is 9.17. The Morgan fingerprint density at radius 1 is 1.15 bits per heavy atom. The van der Waals surface area contributed by atoms with Gasteiger partial charge in [0.2, 0.25) is 0 Å². The Labute approximate surface area is 152 Å². The molecule has 3 aromatic rings. The lowest BCUT2D eigenvalue weighted by atomic mass is 9.89. The van der Waals surface area contributed by atoms with Gasteiger partial charge < -0.3 is 9.84 Å². The summed E-state index contributed by atoms with van der Waals surface area (Å²) in [4.78, 5) is 12.5. The Kier molecular flexibility index (Phi) is 4.66. The Hall–Kier alpha value is -2.37. The predicted molar refractivity (Wildman–Crippen MR) is 101 cm³/mol. The zero-order valence-electron chi connectivity index (χ0n) is 15.0. The van der Waals surface area contributed by atoms with Gasteiger partial charge in [-0.1, -0.05) is 36.4 Å². The van der Waals surface area contributed by atoms with Crippen molar-refractivity contribution in [3.63, 3.8) is 0 Å². The molecule has 0 radical (unpaired) electrons. The van der Waals surface area contributed by atoms with Crippen LogP contribution in [0.2, 0.25) is 0 Å². The summed E-state index contributed by atoms with van der Waals surface area (Å²) >= 11 is 0. The molecule has 5 nitrogen and oxygen atoms in total. The van der Waals surface area contributed by atoms with Crippen molar-refractivity contribution in [1.29, 1.82) is 0 Å². The van der Waals surface area contributed by atoms with Gasteiger partial charge in [-0.2, -0.15) is 0 Å². The minimum absolute atomic E-state index is 0.0267. The number of rotatable bonds is 5. The third kappa shape index (κ3) is 3.08. The number of aliphatic hydroxyl groups excluding tert-OH is 1. The number of hydrogen-bond acceptors (Lipinski definition) is 3. The van der Waals surface area contributed by atoms with E-state index in [0.717, 1.165) is 30.3 Å². The highest BCUT2D eigenvalue weighted by Gasteiger charge is 2.22. The summed E-state index contributed by atoms with van der Waals surface area (Å²) in [6, 6.07) is 16.0. The number of hydrogen-bond donors (Lipinski definition) is 1. The largest absolute Gasteiger partial charge is 0.389 e. The van der Waals surface area contributed by atoms with Gasteiger partial charge in [0.15, 0.2) is 0 Å². The topological polar surface area (TPSA) is 56.4 Å². The van der Waals surface area contributed by atoms with E-state index in [9.17, 15) is 9.90 Å². The molecule has 1 aliphatic rings. The van der Waals surface area contributed by atoms with Gasteiger partial charge in [0, 0.05) is 7.05 Å². The van der Waals surface area contributed by atoms with Crippen LogP contribution in [0.25, 0.3) is 11.0 Å². The minimum Gasteiger partial charge on any atom is -0.389 e. The third-order valence-electron chi connectivity index (χ3n) is 5.25. The quantitative estimate of drug-likeness (QED) is 0.768. The first kappa shape index (κ1) is 17.1. The van der Waals surface area contributed by atoms with Gasteiger partial charge in [0.05, 0.1) is 36.4 Å². The maximum Gasteiger partial charge on any atom is 0.328 e. The molecule has 0 saturated heterocycles. The fourth-order valence-electron chi connectivity index (χ4n) is 3.91. The van der Waals surface area contributed by atoms with Crippen LogP contribution in [-0.4, -0.2) is 27.0 Å². The summed E-state index contributed by atoms with van der Waals surface area (Å²) in [5.74, 6) is 0. The van der Waals surface area contributed by atoms with E-state index in [-0.39, 0.29) is 24.9 Å². The second-order valence-electron chi connectivity index (χ2n) is 7.01. The molecule has 0 spiro atoms. The number of ether oxygens (including phenoxy) is 1. The maximum atomic E-state index is 12.5. The van der Waals surface area contributed by atoms with E-state index < -0.39 is 6.10 Å². The molecule has 1 heterocycles. The van der Waals surface area contributed by atoms with Crippen LogP contribution in [-0.2, 0) is 24.8 Å². The first-order valence-electron chi connectivity index (χ1n) is 9.17. The molecule has 136 valence electrons. The summed E-state index contributed by atoms with van der Waals surface area (Å²) < 4.78 is 9.26. The standard InChI is InChI=1S/C21H24N2O3/c1-22-18-10-4-5-11-19(18)23(21(22)25)13-16(24)14-26-20-12-6-8-15-7-2-3-9-17(15)20/h2-5,7,9-11,16,20,24H,6,8,12-14H2,1H3/t16-,20+/m1/s1. The highest BCUT2D eigenvalue weighted by molar-refractivity contribution is 5.75. The molecule has 0 saturated carbocycles. The second kappa shape index (κ2) is 7.09. The van der Waals surface area contributed by atoms with Crippen LogP contribution in [0.1, 0.15) is 30.1 Å². The molecular weight excluding hydrogens is 328 g/mol. The van der Waals surface area contributed by atoms with Gasteiger partial charge in [-0.3, -0.25) is 9.13 Å². The molecule has 2 atom stereocenters. The number of fused-ring (bicyclic) bond motifs is 2. The number of aryl methyl sites for hydroxylation is 2. The van der Waals surface area contributed by atoms with Crippen molar-refractivity contribution < 1.29 is 9.84 Å². The molecule has 1 aliphatic carbocycles. The SMILES string of the molecule is Cn1c(=O)n(C[C@@H](O)CO[C@H]2CCCc3ccccc32)c2ccccc21. The van der Waals surface area contributed by atoms with Crippen molar-refractivity contribution in [1.82, 2.24) is 9.13 Å². The number of imidazole rings is 1. The smallest absolute Gasteiger partial charge is 0.328 e. The summed E-state index contributed by atoms with van der Waals surface area (Å²) in [6.07, 6.45) is 2.45. The lowest BCUT2D eigenvalue weighted by molar-refractivity contribution is -0.0225. The fraction of sp³-hybridized carbons (Fsp3) is 0.381. The summed E-state index contributed by atoms with van der Waals surface area (Å²) in [5, 5.41) is 10.5. The Morgan fingerprint density at radius 2 is 1.88 bits per heavy atom. The van der Waals surface area contributed by atoms with Gasteiger partial charge in [0.1, 0.15) is 0 Å². The minimum atomic E-state index is -0.729. The molecule has 1 aromatic heterocycles. The highest BCUT2D eigenvalue weighted by Crippen LogP contribution is 2.32. The average molecular weight is 352 g/mol. The molecule has 5 heteroatoms. The van der Waals surface area contributed by atoms with E-state index in [0.29, 0.717) is 0 Å². The van der Waals surface area contributed by atoms with Crippen LogP contribution >= 0.6 is 0 Å². The summed E-state index contributed by atoms with van der Waals surface area (Å²) in [5.41, 5.74) is 4.15. The maximum absolute atomic E-state index is 12.5. The van der Waals surface area contributed by atoms with E-state index in [1.165, 1.54) is 11.1 Å². The second-order valence-corrected chi connectivity index (χ2v) is 7.01. The number of aliphatic hydroxyl groups is 1. The van der Waals surface area contributed by atoms with Crippen molar-refractivity contribution in [2.75, 3.05) is 6.61 Å². The fourth-order valence-corrected chi connectivity index (χ4v) is 3.91. The number of para-hydroxylation sites is 2. The summed E-state index contributed by atoms with van der Waals surface area (Å²) in [6.45, 7) is 0.448. The zero-order valence-corrected chi connectivity index (χ0v) is 15.0. The lowest BCUT2D eigenvalue weighted by Gasteiger charge is -2.26. The molecule has 1 N–H and O–H groups in total. The molecule has 0 aliphatic heterocycles. The van der Waals surface area contributed by atoms with Crippen LogP contribution in [0.15, 0.2) is 53.3 Å². The van der Waals surface area contributed by atoms with Crippen LogP contribution in [0.3, 0.4) is 0 Å². The van der Waals surface area contributed by atoms with Crippen LogP contribution < -0.4 is 5.69 Å². The molecule has 4 rings (SSSR count). The van der Waals surface area contributed by atoms with E-state index in [1.54, 1.807) is 16.2 Å². The van der Waals surface area contributed by atoms with Gasteiger partial charge in [-0.05, 0) is 42.5 Å². The first-order chi connectivity index (χ1) is 12.6. The highest BCUT2D eigenvalue weighted by atomic mass is 16.5. The van der Waals surface area contributed by atoms with Crippen molar-refractivity contribution >= 4 is 11.0 Å². The predicted octanol–water partition coefficient (Wildman–Crippen LogP) is 2.80. The number of benzene rings is 2. The molecule has 0 unspecified atom stereocenters. The monoisotopic (exact) mass is 352 g/mol. The normalized spacial score (nSPS) is 18.0. The molecule has 0 bridgehead atoms. The van der Waals surface area contributed by atoms with Gasteiger partial charge >= 0.3 is 5.69 Å². The average Bonchev–Trinajstić information content (AvgIpc) is 2.91. The van der Waals surface area contributed by atoms with E-state index in [4.69, 9.17) is 4.74 Å². The van der Waals surface area contributed by atoms with E-state index >= 15 is 0 Å². The van der Waals surface area contributed by atoms with Crippen molar-refractivity contribution in [3.8, 4) is 0 Å². The molecule has 26 heavy (non-hydrogen) atoms. The van der Waals surface area contributed by atoms with Crippen LogP contribution in [0.5, 0.6) is 0 Å². The van der Waals surface area contributed by atoms with Crippen molar-refractivity contribution in [2.24, 2.45) is 7.05 Å². The van der Waals surface area contributed by atoms with Crippen LogP contribution in [0, 0.1) is 0 Å². The van der Waals surface area contributed by atoms with E-state index in [1.807, 2.05) is 30.3 Å². The Balaban J connectivity index is 1.47. The number of nitrogens with zero attached hydrogens (tertiary/aromatic N) is 2. The van der Waals surface area contributed by atoms with Gasteiger partial charge in [0.25, 0.3) is 0 Å². The van der Waals surface area contributed by atoms with Crippen molar-refractivity contribution in [3.05, 3.63) is 70.1 Å². The third-order valence-corrected chi connectivity index (χ3v) is 5.25. The molecular formula is C21H24N2O3. The number of aromatic nitrogens is 2. The molecule has 2 aromatic carbocycles. The lowest BCUT2D eigenvalue weighted by Crippen LogP contribution is -2.30. The van der Waals surface area contributed by atoms with Gasteiger partial charge in [-0.15, -0.1) is 0 Å². The van der Waals surface area contributed by atoms with Crippen molar-refractivity contribution in [2.45, 2.75) is 38.0 Å². The molecule has 0 amide bonds. The zero-order chi connectivity index (χ0) is 18.1. The Morgan fingerprint density at radius 3 is 2.73 bits per heavy atom. The van der Waals surface area contributed by atoms with Gasteiger partial charge in [-0.25, -0.2) is 4.79 Å². The van der Waals surface area contributed by atoms with Crippen LogP contribution in [0.4, 0.5) is 0 Å². The summed E-state index contributed by atoms with van der Waals surface area (Å²) in [7, 11) is 1.75. The van der Waals surface area contributed by atoms with E-state index in [2.05, 4.69) is 18.2 Å². The molecule has 0 fully saturated rings. The Bertz CT molecular complexity index is 973.